The van der Waals surface area contributed by atoms with Gasteiger partial charge in [0.1, 0.15) is 17.0 Å². The minimum Gasteiger partial charge on any atom is -0.455 e. The highest BCUT2D eigenvalue weighted by Gasteiger charge is 2.20. The summed E-state index contributed by atoms with van der Waals surface area (Å²) in [5.41, 5.74) is 8.14. The summed E-state index contributed by atoms with van der Waals surface area (Å²) in [5.74, 6) is 0.305. The molecule has 9 rings (SSSR count). The first-order chi connectivity index (χ1) is 22.7. The fourth-order valence-corrected chi connectivity index (χ4v) is 6.61. The predicted molar refractivity (Wildman–Crippen MR) is 186 cm³/mol. The molecule has 0 aliphatic carbocycles. The molecular weight excluding hydrogens is 567 g/mol. The number of benzene rings is 7. The Hall–Kier alpha value is -6.13. The molecule has 0 spiro atoms. The molecule has 0 aliphatic rings. The maximum Gasteiger partial charge on any atom is 0.161 e. The molecule has 3 nitrogen and oxygen atoms in total. The first kappa shape index (κ1) is 26.3. The second-order valence-corrected chi connectivity index (χ2v) is 11.5. The van der Waals surface area contributed by atoms with Crippen LogP contribution in [0.5, 0.6) is 0 Å². The summed E-state index contributed by atoms with van der Waals surface area (Å²) in [5, 5.41) is 6.29. The number of fused-ring (bicyclic) bond motifs is 6. The molecule has 0 amide bonds. The van der Waals surface area contributed by atoms with Gasteiger partial charge in [-0.2, -0.15) is 0 Å². The van der Waals surface area contributed by atoms with E-state index in [9.17, 15) is 4.39 Å². The van der Waals surface area contributed by atoms with Crippen LogP contribution in [0.4, 0.5) is 4.39 Å². The normalized spacial score (nSPS) is 11.6. The van der Waals surface area contributed by atoms with Crippen molar-refractivity contribution in [1.82, 2.24) is 9.97 Å². The van der Waals surface area contributed by atoms with Crippen LogP contribution in [0.25, 0.3) is 88.5 Å². The summed E-state index contributed by atoms with van der Waals surface area (Å²) in [6.45, 7) is 0. The van der Waals surface area contributed by atoms with Crippen LogP contribution in [0.2, 0.25) is 0 Å². The van der Waals surface area contributed by atoms with Crippen molar-refractivity contribution in [3.05, 3.63) is 157 Å². The van der Waals surface area contributed by atoms with Crippen molar-refractivity contribution in [3.8, 4) is 45.0 Å². The van der Waals surface area contributed by atoms with Crippen molar-refractivity contribution in [1.29, 1.82) is 0 Å². The minimum absolute atomic E-state index is 0.287. The summed E-state index contributed by atoms with van der Waals surface area (Å²) in [6, 6.07) is 50.1. The highest BCUT2D eigenvalue weighted by molar-refractivity contribution is 6.22. The summed E-state index contributed by atoms with van der Waals surface area (Å²) < 4.78 is 20.6. The SMILES string of the molecule is Fc1ccc(-c2cc(-c3cccc4ccccc34)nc(-c3cc4c(oc5cccc(-c6ccccc6)c54)c4ccccc34)n2)cc1. The molecule has 2 aromatic heterocycles. The lowest BCUT2D eigenvalue weighted by Gasteiger charge is -2.13. The summed E-state index contributed by atoms with van der Waals surface area (Å²) >= 11 is 0. The van der Waals surface area contributed by atoms with Crippen LogP contribution in [0.15, 0.2) is 156 Å². The van der Waals surface area contributed by atoms with E-state index in [1.165, 1.54) is 12.1 Å². The summed E-state index contributed by atoms with van der Waals surface area (Å²) in [7, 11) is 0. The molecule has 46 heavy (non-hydrogen) atoms. The van der Waals surface area contributed by atoms with Crippen LogP contribution in [0.1, 0.15) is 0 Å². The molecule has 0 saturated carbocycles. The Bertz CT molecular complexity index is 2580. The van der Waals surface area contributed by atoms with Gasteiger partial charge in [0.25, 0.3) is 0 Å². The molecule has 9 aromatic rings. The van der Waals surface area contributed by atoms with Gasteiger partial charge in [-0.05, 0) is 69.8 Å². The number of rotatable bonds is 4. The Morgan fingerprint density at radius 3 is 1.98 bits per heavy atom. The standard InChI is InChI=1S/C42H25FN2O/c43-29-22-20-28(21-23-29)37-25-38(33-18-8-13-26-12-4-5-14-30(26)33)45-42(44-37)35-24-36-40-31(27-10-2-1-3-11-27)17-9-19-39(40)46-41(36)34-16-7-6-15-32(34)35/h1-25H. The number of hydrogen-bond acceptors (Lipinski definition) is 3. The Kier molecular flexibility index (Phi) is 6.00. The lowest BCUT2D eigenvalue weighted by Crippen LogP contribution is -1.97. The average Bonchev–Trinajstić information content (AvgIpc) is 3.51. The highest BCUT2D eigenvalue weighted by Crippen LogP contribution is 2.43. The van der Waals surface area contributed by atoms with E-state index in [2.05, 4.69) is 78.9 Å². The number of halogens is 1. The Labute approximate surface area is 264 Å². The van der Waals surface area contributed by atoms with Crippen molar-refractivity contribution in [2.45, 2.75) is 0 Å². The lowest BCUT2D eigenvalue weighted by atomic mass is 9.95. The third-order valence-corrected chi connectivity index (χ3v) is 8.76. The van der Waals surface area contributed by atoms with Gasteiger partial charge in [-0.1, -0.05) is 109 Å². The maximum absolute atomic E-state index is 14.0. The average molecular weight is 593 g/mol. The molecular formula is C42H25FN2O. The molecule has 216 valence electrons. The Morgan fingerprint density at radius 2 is 1.13 bits per heavy atom. The van der Waals surface area contributed by atoms with E-state index in [1.54, 1.807) is 12.1 Å². The molecule has 2 heterocycles. The van der Waals surface area contributed by atoms with E-state index in [4.69, 9.17) is 14.4 Å². The number of furan rings is 1. The lowest BCUT2D eigenvalue weighted by molar-refractivity contribution is 0.628. The maximum atomic E-state index is 14.0. The smallest absolute Gasteiger partial charge is 0.161 e. The largest absolute Gasteiger partial charge is 0.455 e. The zero-order valence-electron chi connectivity index (χ0n) is 24.6. The monoisotopic (exact) mass is 592 g/mol. The van der Waals surface area contributed by atoms with Crippen molar-refractivity contribution in [3.63, 3.8) is 0 Å². The molecule has 0 N–H and O–H groups in total. The molecule has 4 heteroatoms. The Morgan fingerprint density at radius 1 is 0.457 bits per heavy atom. The van der Waals surface area contributed by atoms with Crippen LogP contribution in [-0.4, -0.2) is 9.97 Å². The Balaban J connectivity index is 1.37. The van der Waals surface area contributed by atoms with Crippen molar-refractivity contribution in [2.75, 3.05) is 0 Å². The van der Waals surface area contributed by atoms with Crippen molar-refractivity contribution in [2.24, 2.45) is 0 Å². The second-order valence-electron chi connectivity index (χ2n) is 11.5. The van der Waals surface area contributed by atoms with Gasteiger partial charge < -0.3 is 4.42 Å². The van der Waals surface area contributed by atoms with Gasteiger partial charge in [0, 0.05) is 32.8 Å². The zero-order chi connectivity index (χ0) is 30.6. The van der Waals surface area contributed by atoms with Crippen molar-refractivity contribution >= 4 is 43.5 Å². The first-order valence-electron chi connectivity index (χ1n) is 15.3. The van der Waals surface area contributed by atoms with Gasteiger partial charge in [-0.15, -0.1) is 0 Å². The van der Waals surface area contributed by atoms with E-state index in [-0.39, 0.29) is 5.82 Å². The van der Waals surface area contributed by atoms with Gasteiger partial charge in [-0.3, -0.25) is 0 Å². The van der Waals surface area contributed by atoms with Crippen molar-refractivity contribution < 1.29 is 8.81 Å². The quantitative estimate of drug-likeness (QED) is 0.204. The van der Waals surface area contributed by atoms with Crippen LogP contribution < -0.4 is 0 Å². The van der Waals surface area contributed by atoms with E-state index in [0.29, 0.717) is 5.82 Å². The number of hydrogen-bond donors (Lipinski definition) is 0. The molecule has 0 unspecified atom stereocenters. The molecule has 7 aromatic carbocycles. The first-order valence-corrected chi connectivity index (χ1v) is 15.3. The summed E-state index contributed by atoms with van der Waals surface area (Å²) in [4.78, 5) is 10.4. The third kappa shape index (κ3) is 4.26. The molecule has 0 aliphatic heterocycles. The van der Waals surface area contributed by atoms with E-state index < -0.39 is 0 Å². The molecule has 0 radical (unpaired) electrons. The third-order valence-electron chi connectivity index (χ3n) is 8.76. The van der Waals surface area contributed by atoms with Crippen LogP contribution >= 0.6 is 0 Å². The van der Waals surface area contributed by atoms with Crippen LogP contribution in [-0.2, 0) is 0 Å². The zero-order valence-corrected chi connectivity index (χ0v) is 24.6. The van der Waals surface area contributed by atoms with Crippen LogP contribution in [0, 0.1) is 5.82 Å². The highest BCUT2D eigenvalue weighted by atomic mass is 19.1. The van der Waals surface area contributed by atoms with Gasteiger partial charge in [0.2, 0.25) is 0 Å². The molecule has 0 atom stereocenters. The van der Waals surface area contributed by atoms with E-state index in [1.807, 2.05) is 48.5 Å². The number of aromatic nitrogens is 2. The van der Waals surface area contributed by atoms with Crippen LogP contribution in [0.3, 0.4) is 0 Å². The molecule has 0 fully saturated rings. The molecule has 0 bridgehead atoms. The van der Waals surface area contributed by atoms with E-state index >= 15 is 0 Å². The van der Waals surface area contributed by atoms with Gasteiger partial charge in [-0.25, -0.2) is 14.4 Å². The minimum atomic E-state index is -0.287. The predicted octanol–water partition coefficient (Wildman–Crippen LogP) is 11.5. The van der Waals surface area contributed by atoms with E-state index in [0.717, 1.165) is 82.7 Å². The fraction of sp³-hybridized carbons (Fsp3) is 0. The summed E-state index contributed by atoms with van der Waals surface area (Å²) in [6.07, 6.45) is 0. The fourth-order valence-electron chi connectivity index (χ4n) is 6.61. The van der Waals surface area contributed by atoms with Gasteiger partial charge in [0.15, 0.2) is 5.82 Å². The second kappa shape index (κ2) is 10.5. The van der Waals surface area contributed by atoms with Gasteiger partial charge in [0.05, 0.1) is 11.4 Å². The van der Waals surface area contributed by atoms with Gasteiger partial charge >= 0.3 is 0 Å². The number of nitrogens with zero attached hydrogens (tertiary/aromatic N) is 2. The molecule has 0 saturated heterocycles. The topological polar surface area (TPSA) is 38.9 Å².